The van der Waals surface area contributed by atoms with E-state index in [0.29, 0.717) is 17.3 Å². The average molecular weight is 284 g/mol. The van der Waals surface area contributed by atoms with E-state index >= 15 is 0 Å². The average Bonchev–Trinajstić information content (AvgIpc) is 2.33. The van der Waals surface area contributed by atoms with Gasteiger partial charge in [-0.1, -0.05) is 31.5 Å². The van der Waals surface area contributed by atoms with Gasteiger partial charge in [0.05, 0.1) is 5.02 Å². The molecule has 1 nitrogen and oxygen atoms in total. The summed E-state index contributed by atoms with van der Waals surface area (Å²) in [7, 11) is 0. The summed E-state index contributed by atoms with van der Waals surface area (Å²) < 4.78 is 13.2. The highest BCUT2D eigenvalue weighted by Crippen LogP contribution is 2.42. The van der Waals surface area contributed by atoms with E-state index in [1.54, 1.807) is 6.07 Å². The molecule has 106 valence electrons. The Labute approximate surface area is 120 Å². The zero-order valence-electron chi connectivity index (χ0n) is 11.8. The van der Waals surface area contributed by atoms with Crippen molar-refractivity contribution in [2.24, 2.45) is 23.0 Å². The first kappa shape index (κ1) is 14.8. The largest absolute Gasteiger partial charge is 0.330 e. The van der Waals surface area contributed by atoms with Gasteiger partial charge in [-0.15, -0.1) is 0 Å². The highest BCUT2D eigenvalue weighted by molar-refractivity contribution is 6.30. The molecule has 2 rings (SSSR count). The molecule has 19 heavy (non-hydrogen) atoms. The van der Waals surface area contributed by atoms with E-state index in [9.17, 15) is 4.39 Å². The van der Waals surface area contributed by atoms with Gasteiger partial charge in [0.2, 0.25) is 0 Å². The van der Waals surface area contributed by atoms with Gasteiger partial charge < -0.3 is 5.73 Å². The van der Waals surface area contributed by atoms with Crippen LogP contribution in [0.3, 0.4) is 0 Å². The van der Waals surface area contributed by atoms with Crippen molar-refractivity contribution in [1.29, 1.82) is 0 Å². The predicted molar refractivity (Wildman–Crippen MR) is 78.8 cm³/mol. The van der Waals surface area contributed by atoms with Gasteiger partial charge in [-0.05, 0) is 67.2 Å². The van der Waals surface area contributed by atoms with Gasteiger partial charge in [-0.3, -0.25) is 0 Å². The van der Waals surface area contributed by atoms with Crippen molar-refractivity contribution in [1.82, 2.24) is 0 Å². The summed E-state index contributed by atoms with van der Waals surface area (Å²) >= 11 is 5.86. The molecule has 1 aliphatic rings. The van der Waals surface area contributed by atoms with Crippen LogP contribution in [0.15, 0.2) is 18.2 Å². The Balaban J connectivity index is 2.12. The molecule has 2 unspecified atom stereocenters. The maximum Gasteiger partial charge on any atom is 0.141 e. The SMILES string of the molecule is CC1(C)CCC(CN)C(Cc2ccc(F)c(Cl)c2)C1. The van der Waals surface area contributed by atoms with Crippen LogP contribution in [-0.4, -0.2) is 6.54 Å². The Bertz CT molecular complexity index is 444. The van der Waals surface area contributed by atoms with Crippen LogP contribution in [0.2, 0.25) is 5.02 Å². The van der Waals surface area contributed by atoms with Crippen molar-refractivity contribution in [3.05, 3.63) is 34.6 Å². The molecule has 0 spiro atoms. The normalized spacial score (nSPS) is 26.4. The molecule has 2 N–H and O–H groups in total. The van der Waals surface area contributed by atoms with Crippen LogP contribution >= 0.6 is 11.6 Å². The third-order valence-electron chi connectivity index (χ3n) is 4.46. The second-order valence-electron chi connectivity index (χ2n) is 6.62. The van der Waals surface area contributed by atoms with Gasteiger partial charge in [0.15, 0.2) is 0 Å². The van der Waals surface area contributed by atoms with E-state index in [-0.39, 0.29) is 10.8 Å². The number of hydrogen-bond donors (Lipinski definition) is 1. The lowest BCUT2D eigenvalue weighted by atomic mass is 9.65. The molecule has 0 aromatic heterocycles. The molecule has 1 aromatic carbocycles. The Morgan fingerprint density at radius 2 is 2.11 bits per heavy atom. The summed E-state index contributed by atoms with van der Waals surface area (Å²) in [6.07, 6.45) is 4.58. The van der Waals surface area contributed by atoms with E-state index in [0.717, 1.165) is 18.5 Å². The molecule has 0 radical (unpaired) electrons. The highest BCUT2D eigenvalue weighted by Gasteiger charge is 2.34. The minimum absolute atomic E-state index is 0.219. The topological polar surface area (TPSA) is 26.0 Å². The molecule has 0 bridgehead atoms. The zero-order valence-corrected chi connectivity index (χ0v) is 12.5. The summed E-state index contributed by atoms with van der Waals surface area (Å²) in [5.74, 6) is 0.817. The van der Waals surface area contributed by atoms with Crippen LogP contribution in [0.25, 0.3) is 0 Å². The monoisotopic (exact) mass is 283 g/mol. The first-order chi connectivity index (χ1) is 8.91. The molecule has 1 fully saturated rings. The van der Waals surface area contributed by atoms with Gasteiger partial charge in [-0.25, -0.2) is 4.39 Å². The Kier molecular flexibility index (Phi) is 4.52. The van der Waals surface area contributed by atoms with Gasteiger partial charge in [0.1, 0.15) is 5.82 Å². The van der Waals surface area contributed by atoms with E-state index in [1.165, 1.54) is 25.3 Å². The molecular formula is C16H23ClFN. The Morgan fingerprint density at radius 1 is 1.37 bits per heavy atom. The van der Waals surface area contributed by atoms with Crippen LogP contribution in [0, 0.1) is 23.1 Å². The highest BCUT2D eigenvalue weighted by atomic mass is 35.5. The number of nitrogens with two attached hydrogens (primary N) is 1. The first-order valence-electron chi connectivity index (χ1n) is 7.05. The van der Waals surface area contributed by atoms with Crippen molar-refractivity contribution in [2.75, 3.05) is 6.54 Å². The molecule has 1 aromatic rings. The minimum Gasteiger partial charge on any atom is -0.330 e. The smallest absolute Gasteiger partial charge is 0.141 e. The molecular weight excluding hydrogens is 261 g/mol. The van der Waals surface area contributed by atoms with Crippen LogP contribution < -0.4 is 5.73 Å². The maximum atomic E-state index is 13.2. The third kappa shape index (κ3) is 3.70. The fourth-order valence-electron chi connectivity index (χ4n) is 3.31. The number of halogens is 2. The van der Waals surface area contributed by atoms with E-state index < -0.39 is 0 Å². The molecule has 0 aliphatic heterocycles. The van der Waals surface area contributed by atoms with E-state index in [1.807, 2.05) is 6.07 Å². The van der Waals surface area contributed by atoms with Crippen LogP contribution in [0.5, 0.6) is 0 Å². The molecule has 2 atom stereocenters. The fourth-order valence-corrected chi connectivity index (χ4v) is 3.51. The van der Waals surface area contributed by atoms with Gasteiger partial charge in [-0.2, -0.15) is 0 Å². The zero-order chi connectivity index (χ0) is 14.0. The third-order valence-corrected chi connectivity index (χ3v) is 4.75. The number of rotatable bonds is 3. The van der Waals surface area contributed by atoms with Crippen LogP contribution in [0.1, 0.15) is 38.7 Å². The second kappa shape index (κ2) is 5.80. The van der Waals surface area contributed by atoms with Crippen molar-refractivity contribution >= 4 is 11.6 Å². The summed E-state index contributed by atoms with van der Waals surface area (Å²) in [6, 6.07) is 5.06. The van der Waals surface area contributed by atoms with Gasteiger partial charge in [0, 0.05) is 0 Å². The van der Waals surface area contributed by atoms with Gasteiger partial charge in [0.25, 0.3) is 0 Å². The maximum absolute atomic E-state index is 13.2. The number of hydrogen-bond acceptors (Lipinski definition) is 1. The van der Waals surface area contributed by atoms with Crippen molar-refractivity contribution in [3.8, 4) is 0 Å². The minimum atomic E-state index is -0.343. The lowest BCUT2D eigenvalue weighted by molar-refractivity contribution is 0.121. The van der Waals surface area contributed by atoms with Crippen molar-refractivity contribution in [2.45, 2.75) is 39.5 Å². The predicted octanol–water partition coefficient (Wildman–Crippen LogP) is 4.42. The summed E-state index contributed by atoms with van der Waals surface area (Å²) in [6.45, 7) is 5.39. The molecule has 1 aliphatic carbocycles. The Hall–Kier alpha value is -0.600. The van der Waals surface area contributed by atoms with E-state index in [4.69, 9.17) is 17.3 Å². The first-order valence-corrected chi connectivity index (χ1v) is 7.43. The van der Waals surface area contributed by atoms with Crippen molar-refractivity contribution in [3.63, 3.8) is 0 Å². The fraction of sp³-hybridized carbons (Fsp3) is 0.625. The molecule has 3 heteroatoms. The standard InChI is InChI=1S/C16H23ClFN/c1-16(2)6-5-12(10-19)13(9-16)7-11-3-4-15(18)14(17)8-11/h3-4,8,12-13H,5-7,9-10,19H2,1-2H3. The Morgan fingerprint density at radius 3 is 2.74 bits per heavy atom. The summed E-state index contributed by atoms with van der Waals surface area (Å²) in [4.78, 5) is 0. The quantitative estimate of drug-likeness (QED) is 0.873. The summed E-state index contributed by atoms with van der Waals surface area (Å²) in [5, 5.41) is 0.219. The van der Waals surface area contributed by atoms with E-state index in [2.05, 4.69) is 13.8 Å². The molecule has 1 saturated carbocycles. The number of benzene rings is 1. The lowest BCUT2D eigenvalue weighted by Gasteiger charge is -2.40. The molecule has 0 heterocycles. The molecule has 0 amide bonds. The molecule has 0 saturated heterocycles. The van der Waals surface area contributed by atoms with Crippen LogP contribution in [0.4, 0.5) is 4.39 Å². The van der Waals surface area contributed by atoms with Crippen molar-refractivity contribution < 1.29 is 4.39 Å². The summed E-state index contributed by atoms with van der Waals surface area (Å²) in [5.41, 5.74) is 7.41. The van der Waals surface area contributed by atoms with Gasteiger partial charge >= 0.3 is 0 Å². The lowest BCUT2D eigenvalue weighted by Crippen LogP contribution is -2.35. The van der Waals surface area contributed by atoms with Crippen LogP contribution in [-0.2, 0) is 6.42 Å². The second-order valence-corrected chi connectivity index (χ2v) is 7.02.